The lowest BCUT2D eigenvalue weighted by atomic mass is 10.1. The zero-order valence-electron chi connectivity index (χ0n) is 15.0. The van der Waals surface area contributed by atoms with Gasteiger partial charge < -0.3 is 5.32 Å². The summed E-state index contributed by atoms with van der Waals surface area (Å²) < 4.78 is 1.76. The van der Waals surface area contributed by atoms with Crippen molar-refractivity contribution in [3.05, 3.63) is 64.7 Å². The predicted octanol–water partition coefficient (Wildman–Crippen LogP) is 4.55. The molecule has 0 aliphatic heterocycles. The average Bonchev–Trinajstić information content (AvgIpc) is 2.63. The summed E-state index contributed by atoms with van der Waals surface area (Å²) >= 11 is 0. The molecule has 3 rings (SSSR count). The highest BCUT2D eigenvalue weighted by atomic mass is 16.1. The molecule has 0 spiro atoms. The third-order valence-electron chi connectivity index (χ3n) is 4.30. The van der Waals surface area contributed by atoms with E-state index in [1.165, 1.54) is 0 Å². The highest BCUT2D eigenvalue weighted by Gasteiger charge is 2.14. The van der Waals surface area contributed by atoms with E-state index in [9.17, 15) is 4.79 Å². The van der Waals surface area contributed by atoms with Gasteiger partial charge in [0.25, 0.3) is 5.56 Å². The van der Waals surface area contributed by atoms with Gasteiger partial charge in [0.05, 0.1) is 16.6 Å². The Hall–Kier alpha value is -2.62. The Bertz CT molecular complexity index is 900. The number of fused-ring (bicyclic) bond motifs is 1. The number of nitrogens with one attached hydrogen (secondary N) is 1. The number of hydrogen-bond acceptors (Lipinski definition) is 3. The molecule has 25 heavy (non-hydrogen) atoms. The molecule has 1 N–H and O–H groups in total. The molecule has 2 aromatic carbocycles. The molecule has 0 radical (unpaired) electrons. The molecule has 0 atom stereocenters. The summed E-state index contributed by atoms with van der Waals surface area (Å²) in [4.78, 5) is 18.2. The molecule has 1 aromatic heterocycles. The van der Waals surface area contributed by atoms with Crippen LogP contribution >= 0.6 is 0 Å². The van der Waals surface area contributed by atoms with Crippen molar-refractivity contribution in [3.63, 3.8) is 0 Å². The summed E-state index contributed by atoms with van der Waals surface area (Å²) in [6.07, 6.45) is 3.91. The van der Waals surface area contributed by atoms with Crippen LogP contribution in [0.25, 0.3) is 16.6 Å². The van der Waals surface area contributed by atoms with Crippen LogP contribution in [0.4, 0.5) is 5.69 Å². The summed E-state index contributed by atoms with van der Waals surface area (Å²) in [7, 11) is 0. The van der Waals surface area contributed by atoms with Gasteiger partial charge >= 0.3 is 0 Å². The third kappa shape index (κ3) is 3.58. The zero-order valence-corrected chi connectivity index (χ0v) is 15.0. The van der Waals surface area contributed by atoms with Crippen LogP contribution in [-0.2, 0) is 6.42 Å². The topological polar surface area (TPSA) is 46.9 Å². The van der Waals surface area contributed by atoms with Crippen LogP contribution in [0.5, 0.6) is 0 Å². The van der Waals surface area contributed by atoms with Crippen LogP contribution < -0.4 is 10.9 Å². The van der Waals surface area contributed by atoms with Crippen LogP contribution in [0.2, 0.25) is 0 Å². The van der Waals surface area contributed by atoms with Crippen LogP contribution in [0.3, 0.4) is 0 Å². The monoisotopic (exact) mass is 335 g/mol. The molecule has 0 aliphatic carbocycles. The highest BCUT2D eigenvalue weighted by Crippen LogP contribution is 2.21. The van der Waals surface area contributed by atoms with Crippen molar-refractivity contribution >= 4 is 16.6 Å². The standard InChI is InChI=1S/C21H25N3O/c1-3-5-15-22-17-13-9-14-18-20(17)21(25)24(19(23-18)10-4-2)16-11-7-6-8-12-16/h6-9,11-14,22H,3-5,10,15H2,1-2H3. The second-order valence-electron chi connectivity index (χ2n) is 6.23. The van der Waals surface area contributed by atoms with Gasteiger partial charge in [0, 0.05) is 18.7 Å². The maximum atomic E-state index is 13.4. The van der Waals surface area contributed by atoms with Gasteiger partial charge in [-0.15, -0.1) is 0 Å². The third-order valence-corrected chi connectivity index (χ3v) is 4.30. The van der Waals surface area contributed by atoms with Crippen molar-refractivity contribution in [2.45, 2.75) is 39.5 Å². The Kier molecular flexibility index (Phi) is 5.49. The maximum absolute atomic E-state index is 13.4. The van der Waals surface area contributed by atoms with E-state index in [1.807, 2.05) is 48.5 Å². The molecule has 1 heterocycles. The van der Waals surface area contributed by atoms with Crippen LogP contribution in [-0.4, -0.2) is 16.1 Å². The lowest BCUT2D eigenvalue weighted by Gasteiger charge is -2.15. The molecule has 3 aromatic rings. The van der Waals surface area contributed by atoms with Gasteiger partial charge in [0.1, 0.15) is 5.82 Å². The van der Waals surface area contributed by atoms with Crippen LogP contribution in [0.15, 0.2) is 53.3 Å². The molecule has 0 saturated carbocycles. The van der Waals surface area contributed by atoms with Gasteiger partial charge in [0.2, 0.25) is 0 Å². The molecule has 0 amide bonds. The van der Waals surface area contributed by atoms with Gasteiger partial charge in [-0.25, -0.2) is 4.98 Å². The second kappa shape index (κ2) is 7.97. The van der Waals surface area contributed by atoms with Crippen molar-refractivity contribution in [2.75, 3.05) is 11.9 Å². The highest BCUT2D eigenvalue weighted by molar-refractivity contribution is 5.90. The molecule has 4 nitrogen and oxygen atoms in total. The molecule has 0 bridgehead atoms. The van der Waals surface area contributed by atoms with E-state index in [-0.39, 0.29) is 5.56 Å². The molecule has 130 valence electrons. The Morgan fingerprint density at radius 2 is 1.80 bits per heavy atom. The number of aromatic nitrogens is 2. The number of anilines is 1. The van der Waals surface area contributed by atoms with E-state index in [0.29, 0.717) is 5.39 Å². The smallest absolute Gasteiger partial charge is 0.268 e. The first kappa shape index (κ1) is 17.2. The predicted molar refractivity (Wildman–Crippen MR) is 105 cm³/mol. The Balaban J connectivity index is 2.22. The average molecular weight is 335 g/mol. The first-order valence-electron chi connectivity index (χ1n) is 9.10. The van der Waals surface area contributed by atoms with Crippen molar-refractivity contribution in [2.24, 2.45) is 0 Å². The number of benzene rings is 2. The maximum Gasteiger partial charge on any atom is 0.268 e. The van der Waals surface area contributed by atoms with E-state index in [2.05, 4.69) is 19.2 Å². The molecule has 0 aliphatic rings. The lowest BCUT2D eigenvalue weighted by molar-refractivity contribution is 0.774. The summed E-state index contributed by atoms with van der Waals surface area (Å²) in [5.41, 5.74) is 2.51. The van der Waals surface area contributed by atoms with Crippen molar-refractivity contribution in [1.82, 2.24) is 9.55 Å². The molecular weight excluding hydrogens is 310 g/mol. The number of rotatable bonds is 7. The minimum absolute atomic E-state index is 0.000696. The Labute approximate surface area is 148 Å². The first-order chi connectivity index (χ1) is 12.3. The van der Waals surface area contributed by atoms with Gasteiger partial charge in [-0.2, -0.15) is 0 Å². The summed E-state index contributed by atoms with van der Waals surface area (Å²) in [5, 5.41) is 4.08. The first-order valence-corrected chi connectivity index (χ1v) is 9.10. The fraction of sp³-hybridized carbons (Fsp3) is 0.333. The van der Waals surface area contributed by atoms with Crippen molar-refractivity contribution in [1.29, 1.82) is 0 Å². The minimum atomic E-state index is -0.000696. The Morgan fingerprint density at radius 3 is 2.52 bits per heavy atom. The largest absolute Gasteiger partial charge is 0.384 e. The van der Waals surface area contributed by atoms with Crippen molar-refractivity contribution in [3.8, 4) is 5.69 Å². The molecule has 0 saturated heterocycles. The molecule has 0 fully saturated rings. The summed E-state index contributed by atoms with van der Waals surface area (Å²) in [5.74, 6) is 0.817. The van der Waals surface area contributed by atoms with Gasteiger partial charge in [-0.05, 0) is 37.1 Å². The summed E-state index contributed by atoms with van der Waals surface area (Å²) in [6, 6.07) is 15.6. The SMILES string of the molecule is CCCCNc1cccc2nc(CCC)n(-c3ccccc3)c(=O)c12. The number of para-hydroxylation sites is 1. The quantitative estimate of drug-likeness (QED) is 0.644. The fourth-order valence-electron chi connectivity index (χ4n) is 3.06. The fourth-order valence-corrected chi connectivity index (χ4v) is 3.06. The normalized spacial score (nSPS) is 11.0. The van der Waals surface area contributed by atoms with Gasteiger partial charge in [-0.1, -0.05) is 44.5 Å². The van der Waals surface area contributed by atoms with E-state index < -0.39 is 0 Å². The number of nitrogens with zero attached hydrogens (tertiary/aromatic N) is 2. The molecular formula is C21H25N3O. The zero-order chi connectivity index (χ0) is 17.6. The van der Waals surface area contributed by atoms with E-state index >= 15 is 0 Å². The number of aryl methyl sites for hydroxylation is 1. The molecule has 0 unspecified atom stereocenters. The second-order valence-corrected chi connectivity index (χ2v) is 6.23. The van der Waals surface area contributed by atoms with Gasteiger partial charge in [0.15, 0.2) is 0 Å². The lowest BCUT2D eigenvalue weighted by Crippen LogP contribution is -2.24. The van der Waals surface area contributed by atoms with Crippen molar-refractivity contribution < 1.29 is 0 Å². The molecule has 4 heteroatoms. The number of hydrogen-bond donors (Lipinski definition) is 1. The van der Waals surface area contributed by atoms with Gasteiger partial charge in [-0.3, -0.25) is 9.36 Å². The number of unbranched alkanes of at least 4 members (excludes halogenated alkanes) is 1. The van der Waals surface area contributed by atoms with E-state index in [1.54, 1.807) is 4.57 Å². The van der Waals surface area contributed by atoms with Crippen LogP contribution in [0, 0.1) is 0 Å². The summed E-state index contributed by atoms with van der Waals surface area (Å²) in [6.45, 7) is 5.12. The van der Waals surface area contributed by atoms with Crippen LogP contribution in [0.1, 0.15) is 38.9 Å². The van der Waals surface area contributed by atoms with E-state index in [4.69, 9.17) is 4.98 Å². The minimum Gasteiger partial charge on any atom is -0.384 e. The Morgan fingerprint density at radius 1 is 1.00 bits per heavy atom. The van der Waals surface area contributed by atoms with E-state index in [0.717, 1.165) is 54.9 Å².